The number of hydrogen-bond donors (Lipinski definition) is 1. The van der Waals surface area contributed by atoms with E-state index in [9.17, 15) is 17.6 Å². The van der Waals surface area contributed by atoms with E-state index in [2.05, 4.69) is 5.32 Å². The summed E-state index contributed by atoms with van der Waals surface area (Å²) in [5, 5.41) is 2.76. The van der Waals surface area contributed by atoms with Crippen LogP contribution in [-0.4, -0.2) is 45.0 Å². The lowest BCUT2D eigenvalue weighted by Crippen LogP contribution is -2.37. The summed E-state index contributed by atoms with van der Waals surface area (Å²) in [4.78, 5) is 14.3. The van der Waals surface area contributed by atoms with Crippen molar-refractivity contribution in [2.45, 2.75) is 32.9 Å². The molecule has 0 spiro atoms. The van der Waals surface area contributed by atoms with Crippen LogP contribution in [0.1, 0.15) is 36.2 Å². The van der Waals surface area contributed by atoms with Gasteiger partial charge in [-0.15, -0.1) is 0 Å². The Morgan fingerprint density at radius 3 is 2.41 bits per heavy atom. The van der Waals surface area contributed by atoms with Gasteiger partial charge in [-0.1, -0.05) is 13.0 Å². The normalized spacial score (nSPS) is 12.7. The van der Waals surface area contributed by atoms with E-state index in [1.165, 1.54) is 34.8 Å². The van der Waals surface area contributed by atoms with E-state index in [4.69, 9.17) is 0 Å². The lowest BCUT2D eigenvalue weighted by Gasteiger charge is -2.28. The summed E-state index contributed by atoms with van der Waals surface area (Å²) in [6, 6.07) is 10.6. The van der Waals surface area contributed by atoms with Crippen LogP contribution in [0, 0.1) is 5.82 Å². The molecule has 158 valence electrons. The molecule has 0 bridgehead atoms. The fourth-order valence-electron chi connectivity index (χ4n) is 3.03. The monoisotopic (exact) mass is 421 g/mol. The first-order chi connectivity index (χ1) is 13.5. The number of rotatable bonds is 8. The van der Waals surface area contributed by atoms with Crippen LogP contribution in [0.2, 0.25) is 0 Å². The second-order valence-electron chi connectivity index (χ2n) is 7.27. The highest BCUT2D eigenvalue weighted by atomic mass is 32.2. The minimum Gasteiger partial charge on any atom is -0.377 e. The smallest absolute Gasteiger partial charge is 0.255 e. The molecule has 0 heterocycles. The topological polar surface area (TPSA) is 69.7 Å². The Bertz CT molecular complexity index is 977. The van der Waals surface area contributed by atoms with Crippen LogP contribution >= 0.6 is 0 Å². The van der Waals surface area contributed by atoms with Crippen molar-refractivity contribution < 1.29 is 17.6 Å². The van der Waals surface area contributed by atoms with Gasteiger partial charge in [0, 0.05) is 43.6 Å². The van der Waals surface area contributed by atoms with Gasteiger partial charge >= 0.3 is 0 Å². The van der Waals surface area contributed by atoms with Crippen LogP contribution in [-0.2, 0) is 16.6 Å². The lowest BCUT2D eigenvalue weighted by molar-refractivity contribution is 0.102. The minimum absolute atomic E-state index is 0.162. The molecule has 0 unspecified atom stereocenters. The van der Waals surface area contributed by atoms with Gasteiger partial charge in [-0.25, -0.2) is 12.8 Å². The molecule has 0 saturated heterocycles. The van der Waals surface area contributed by atoms with E-state index in [1.54, 1.807) is 12.1 Å². The number of hydrogen-bond acceptors (Lipinski definition) is 4. The van der Waals surface area contributed by atoms with Gasteiger partial charge < -0.3 is 10.2 Å². The standard InChI is InChI=1S/C21H28FN3O3S/c1-6-15(2)25(29(5,27)28)14-17-13-19(10-11-20(17)24(3)4)23-21(26)16-8-7-9-18(22)12-16/h7-13,15H,6,14H2,1-5H3,(H,23,26)/t15-/m0/s1. The molecular formula is C21H28FN3O3S. The second-order valence-corrected chi connectivity index (χ2v) is 9.20. The molecule has 29 heavy (non-hydrogen) atoms. The highest BCUT2D eigenvalue weighted by Gasteiger charge is 2.24. The molecule has 6 nitrogen and oxygen atoms in total. The fraction of sp³-hybridized carbons (Fsp3) is 0.381. The van der Waals surface area contributed by atoms with Crippen LogP contribution < -0.4 is 10.2 Å². The second kappa shape index (κ2) is 9.37. The number of carbonyl (C=O) groups excluding carboxylic acids is 1. The third-order valence-electron chi connectivity index (χ3n) is 4.74. The molecule has 0 aliphatic carbocycles. The van der Waals surface area contributed by atoms with Crippen LogP contribution in [0.5, 0.6) is 0 Å². The first-order valence-electron chi connectivity index (χ1n) is 9.37. The maximum Gasteiger partial charge on any atom is 0.255 e. The molecule has 0 saturated carbocycles. The summed E-state index contributed by atoms with van der Waals surface area (Å²) in [5.41, 5.74) is 2.33. The minimum atomic E-state index is -3.41. The zero-order chi connectivity index (χ0) is 21.8. The van der Waals surface area contributed by atoms with Gasteiger partial charge in [-0.3, -0.25) is 4.79 Å². The summed E-state index contributed by atoms with van der Waals surface area (Å²) < 4.78 is 39.4. The van der Waals surface area contributed by atoms with Crippen molar-refractivity contribution in [1.29, 1.82) is 0 Å². The SMILES string of the molecule is CC[C@H](C)N(Cc1cc(NC(=O)c2cccc(F)c2)ccc1N(C)C)S(C)(=O)=O. The van der Waals surface area contributed by atoms with E-state index in [1.807, 2.05) is 38.9 Å². The molecule has 0 aliphatic heterocycles. The number of sulfonamides is 1. The molecule has 8 heteroatoms. The van der Waals surface area contributed by atoms with Crippen LogP contribution in [0.3, 0.4) is 0 Å². The van der Waals surface area contributed by atoms with Gasteiger partial charge in [0.2, 0.25) is 10.0 Å². The molecule has 1 amide bonds. The van der Waals surface area contributed by atoms with Crippen LogP contribution in [0.4, 0.5) is 15.8 Å². The van der Waals surface area contributed by atoms with Gasteiger partial charge in [0.15, 0.2) is 0 Å². The van der Waals surface area contributed by atoms with Crippen molar-refractivity contribution in [2.75, 3.05) is 30.6 Å². The number of halogens is 1. The Hall–Kier alpha value is -2.45. The summed E-state index contributed by atoms with van der Waals surface area (Å²) in [5.74, 6) is -0.923. The average Bonchev–Trinajstić information content (AvgIpc) is 2.64. The molecular weight excluding hydrogens is 393 g/mol. The van der Waals surface area contributed by atoms with Crippen LogP contribution in [0.15, 0.2) is 42.5 Å². The third kappa shape index (κ3) is 6.01. The van der Waals surface area contributed by atoms with E-state index in [0.717, 1.165) is 11.3 Å². The summed E-state index contributed by atoms with van der Waals surface area (Å²) in [6.45, 7) is 3.99. The fourth-order valence-corrected chi connectivity index (χ4v) is 4.21. The molecule has 0 radical (unpaired) electrons. The Labute approximate surface area is 172 Å². The first-order valence-corrected chi connectivity index (χ1v) is 11.2. The van der Waals surface area contributed by atoms with E-state index >= 15 is 0 Å². The third-order valence-corrected chi connectivity index (χ3v) is 6.08. The predicted molar refractivity (Wildman–Crippen MR) is 115 cm³/mol. The first kappa shape index (κ1) is 22.8. The molecule has 1 N–H and O–H groups in total. The van der Waals surface area contributed by atoms with Gasteiger partial charge in [0.25, 0.3) is 5.91 Å². The largest absolute Gasteiger partial charge is 0.377 e. The Balaban J connectivity index is 2.37. The molecule has 2 rings (SSSR count). The van der Waals surface area contributed by atoms with Gasteiger partial charge in [-0.05, 0) is 55.3 Å². The Morgan fingerprint density at radius 1 is 1.17 bits per heavy atom. The quantitative estimate of drug-likeness (QED) is 0.706. The zero-order valence-corrected chi connectivity index (χ0v) is 18.3. The molecule has 1 atom stereocenters. The van der Waals surface area contributed by atoms with Crippen molar-refractivity contribution in [1.82, 2.24) is 4.31 Å². The average molecular weight is 422 g/mol. The Kier molecular flexibility index (Phi) is 7.37. The van der Waals surface area contributed by atoms with Gasteiger partial charge in [0.1, 0.15) is 5.82 Å². The van der Waals surface area contributed by atoms with E-state index in [-0.39, 0.29) is 18.2 Å². The summed E-state index contributed by atoms with van der Waals surface area (Å²) >= 11 is 0. The lowest BCUT2D eigenvalue weighted by atomic mass is 10.1. The maximum atomic E-state index is 13.4. The van der Waals surface area contributed by atoms with Crippen LogP contribution in [0.25, 0.3) is 0 Å². The number of carbonyl (C=O) groups is 1. The molecule has 2 aromatic carbocycles. The number of benzene rings is 2. The molecule has 0 aromatic heterocycles. The number of amides is 1. The van der Waals surface area contributed by atoms with Gasteiger partial charge in [-0.2, -0.15) is 4.31 Å². The number of nitrogens with zero attached hydrogens (tertiary/aromatic N) is 2. The van der Waals surface area contributed by atoms with E-state index < -0.39 is 21.7 Å². The summed E-state index contributed by atoms with van der Waals surface area (Å²) in [6.07, 6.45) is 1.88. The molecule has 0 aliphatic rings. The van der Waals surface area contributed by atoms with Crippen molar-refractivity contribution in [3.63, 3.8) is 0 Å². The van der Waals surface area contributed by atoms with E-state index in [0.29, 0.717) is 12.1 Å². The highest BCUT2D eigenvalue weighted by molar-refractivity contribution is 7.88. The number of nitrogens with one attached hydrogen (secondary N) is 1. The van der Waals surface area contributed by atoms with Crippen molar-refractivity contribution in [3.05, 3.63) is 59.4 Å². The van der Waals surface area contributed by atoms with Gasteiger partial charge in [0.05, 0.1) is 6.26 Å². The zero-order valence-electron chi connectivity index (χ0n) is 17.4. The predicted octanol–water partition coefficient (Wildman–Crippen LogP) is 3.70. The van der Waals surface area contributed by atoms with Crippen molar-refractivity contribution in [2.24, 2.45) is 0 Å². The number of anilines is 2. The Morgan fingerprint density at radius 2 is 1.86 bits per heavy atom. The van der Waals surface area contributed by atoms with Crippen molar-refractivity contribution >= 4 is 27.3 Å². The van der Waals surface area contributed by atoms with Crippen molar-refractivity contribution in [3.8, 4) is 0 Å². The summed E-state index contributed by atoms with van der Waals surface area (Å²) in [7, 11) is 0.331. The molecule has 2 aromatic rings. The highest BCUT2D eigenvalue weighted by Crippen LogP contribution is 2.27. The maximum absolute atomic E-state index is 13.4. The molecule has 0 fully saturated rings.